The number of rotatable bonds is 10. The number of nitrogens with two attached hydrogens (primary N) is 1. The Morgan fingerprint density at radius 1 is 1.17 bits per heavy atom. The summed E-state index contributed by atoms with van der Waals surface area (Å²) in [7, 11) is 2.06. The van der Waals surface area contributed by atoms with E-state index in [1.807, 2.05) is 12.1 Å². The van der Waals surface area contributed by atoms with Crippen LogP contribution < -0.4 is 11.1 Å². The van der Waals surface area contributed by atoms with Gasteiger partial charge in [-0.1, -0.05) is 32.6 Å². The number of aromatic nitrogens is 3. The number of hydrogen-bond acceptors (Lipinski definition) is 5. The summed E-state index contributed by atoms with van der Waals surface area (Å²) in [6.45, 7) is 8.55. The Labute approximate surface area is 177 Å². The molecule has 29 heavy (non-hydrogen) atoms. The van der Waals surface area contributed by atoms with Gasteiger partial charge < -0.3 is 15.6 Å². The fourth-order valence-electron chi connectivity index (χ4n) is 3.29. The number of nitrogen functional groups attached to an aromatic ring is 1. The van der Waals surface area contributed by atoms with Crippen LogP contribution in [-0.4, -0.2) is 14.5 Å². The van der Waals surface area contributed by atoms with E-state index in [1.54, 1.807) is 11.3 Å². The maximum Gasteiger partial charge on any atom is 0.115 e. The van der Waals surface area contributed by atoms with Crippen LogP contribution in [0.15, 0.2) is 48.1 Å². The third kappa shape index (κ3) is 5.70. The van der Waals surface area contributed by atoms with Crippen LogP contribution in [0.2, 0.25) is 0 Å². The zero-order valence-corrected chi connectivity index (χ0v) is 18.4. The smallest absolute Gasteiger partial charge is 0.115 e. The van der Waals surface area contributed by atoms with Crippen LogP contribution in [0.1, 0.15) is 54.1 Å². The number of nitrogens with one attached hydrogen (secondary N) is 1. The molecule has 0 amide bonds. The minimum absolute atomic E-state index is 0.101. The fraction of sp³-hybridized carbons (Fsp3) is 0.391. The van der Waals surface area contributed by atoms with Crippen LogP contribution in [0, 0.1) is 0 Å². The molecule has 1 atom stereocenters. The van der Waals surface area contributed by atoms with Gasteiger partial charge in [0.25, 0.3) is 0 Å². The molecule has 0 unspecified atom stereocenters. The van der Waals surface area contributed by atoms with Crippen LogP contribution in [0.4, 0.5) is 5.69 Å². The van der Waals surface area contributed by atoms with Gasteiger partial charge in [-0.25, -0.2) is 9.97 Å². The number of benzene rings is 1. The maximum atomic E-state index is 5.84. The van der Waals surface area contributed by atoms with E-state index >= 15 is 0 Å². The summed E-state index contributed by atoms with van der Waals surface area (Å²) in [5.41, 5.74) is 11.1. The first kappa shape index (κ1) is 21.1. The zero-order chi connectivity index (χ0) is 20.8. The minimum atomic E-state index is 0.101. The van der Waals surface area contributed by atoms with Gasteiger partial charge in [-0.3, -0.25) is 0 Å². The van der Waals surface area contributed by atoms with Crippen LogP contribution in [0.5, 0.6) is 0 Å². The van der Waals surface area contributed by atoms with E-state index < -0.39 is 0 Å². The highest BCUT2D eigenvalue weighted by molar-refractivity contribution is 7.09. The minimum Gasteiger partial charge on any atom is -0.399 e. The SMILES string of the molecule is C=C(CCc1nc(CC)cn1C)N[C@@H](Cc1ccc(N)cc1)c1nc(CC)cs1. The van der Waals surface area contributed by atoms with Gasteiger partial charge in [0.15, 0.2) is 0 Å². The number of imidazole rings is 1. The summed E-state index contributed by atoms with van der Waals surface area (Å²) in [6, 6.07) is 8.17. The Balaban J connectivity index is 1.68. The Bertz CT molecular complexity index is 939. The molecular weight excluding hydrogens is 378 g/mol. The number of hydrogen-bond donors (Lipinski definition) is 2. The molecule has 0 saturated heterocycles. The number of aryl methyl sites for hydroxylation is 4. The van der Waals surface area contributed by atoms with Gasteiger partial charge >= 0.3 is 0 Å². The van der Waals surface area contributed by atoms with Crippen molar-refractivity contribution in [1.82, 2.24) is 19.9 Å². The van der Waals surface area contributed by atoms with Crippen LogP contribution >= 0.6 is 11.3 Å². The summed E-state index contributed by atoms with van der Waals surface area (Å²) < 4.78 is 2.12. The van der Waals surface area contributed by atoms with Crippen molar-refractivity contribution in [2.45, 2.75) is 52.0 Å². The molecule has 3 N–H and O–H groups in total. The fourth-order valence-corrected chi connectivity index (χ4v) is 4.24. The van der Waals surface area contributed by atoms with Crippen molar-refractivity contribution in [3.05, 3.63) is 75.9 Å². The quantitative estimate of drug-likeness (QED) is 0.480. The molecule has 0 aliphatic heterocycles. The largest absolute Gasteiger partial charge is 0.399 e. The second-order valence-electron chi connectivity index (χ2n) is 7.39. The van der Waals surface area contributed by atoms with Crippen LogP contribution in [-0.2, 0) is 32.7 Å². The van der Waals surface area contributed by atoms with Crippen molar-refractivity contribution in [3.63, 3.8) is 0 Å². The molecule has 0 saturated carbocycles. The monoisotopic (exact) mass is 409 g/mol. The molecule has 5 nitrogen and oxygen atoms in total. The van der Waals surface area contributed by atoms with Gasteiger partial charge in [0, 0.05) is 36.4 Å². The van der Waals surface area contributed by atoms with Gasteiger partial charge in [0.1, 0.15) is 10.8 Å². The van der Waals surface area contributed by atoms with Crippen molar-refractivity contribution in [2.75, 3.05) is 5.73 Å². The van der Waals surface area contributed by atoms with E-state index in [1.165, 1.54) is 5.56 Å². The first-order chi connectivity index (χ1) is 14.0. The predicted molar refractivity (Wildman–Crippen MR) is 122 cm³/mol. The van der Waals surface area contributed by atoms with E-state index in [4.69, 9.17) is 15.7 Å². The molecule has 6 heteroatoms. The Hall–Kier alpha value is -2.60. The number of nitrogens with zero attached hydrogens (tertiary/aromatic N) is 3. The molecule has 0 radical (unpaired) electrons. The zero-order valence-electron chi connectivity index (χ0n) is 17.6. The lowest BCUT2D eigenvalue weighted by Crippen LogP contribution is -2.23. The van der Waals surface area contributed by atoms with Gasteiger partial charge in [0.05, 0.1) is 17.4 Å². The molecule has 2 aromatic heterocycles. The highest BCUT2D eigenvalue weighted by Crippen LogP contribution is 2.25. The summed E-state index contributed by atoms with van der Waals surface area (Å²) in [5.74, 6) is 1.10. The second kappa shape index (κ2) is 9.74. The Kier molecular flexibility index (Phi) is 7.09. The highest BCUT2D eigenvalue weighted by atomic mass is 32.1. The number of anilines is 1. The standard InChI is InChI=1S/C23H31N5S/c1-5-19-14-28(4)22(26-19)12-7-16(3)25-21(23-27-20(6-2)15-29-23)13-17-8-10-18(24)11-9-17/h8-11,14-15,21,25H,3,5-7,12-13,24H2,1-2,4H3/t21-/m0/s1. The normalized spacial score (nSPS) is 12.1. The number of thiazole rings is 1. The van der Waals surface area contributed by atoms with E-state index in [0.29, 0.717) is 0 Å². The van der Waals surface area contributed by atoms with Crippen LogP contribution in [0.25, 0.3) is 0 Å². The lowest BCUT2D eigenvalue weighted by molar-refractivity contribution is 0.570. The van der Waals surface area contributed by atoms with E-state index in [0.717, 1.165) is 65.7 Å². The second-order valence-corrected chi connectivity index (χ2v) is 8.28. The van der Waals surface area contributed by atoms with E-state index in [2.05, 4.69) is 61.1 Å². The van der Waals surface area contributed by atoms with Gasteiger partial charge in [0.2, 0.25) is 0 Å². The Morgan fingerprint density at radius 2 is 1.90 bits per heavy atom. The summed E-state index contributed by atoms with van der Waals surface area (Å²) in [5, 5.41) is 6.88. The maximum absolute atomic E-state index is 5.84. The molecule has 2 heterocycles. The van der Waals surface area contributed by atoms with Crippen LogP contribution in [0.3, 0.4) is 0 Å². The topological polar surface area (TPSA) is 68.8 Å². The molecule has 154 valence electrons. The first-order valence-electron chi connectivity index (χ1n) is 10.2. The summed E-state index contributed by atoms with van der Waals surface area (Å²) in [4.78, 5) is 9.52. The van der Waals surface area contributed by atoms with Crippen molar-refractivity contribution in [2.24, 2.45) is 7.05 Å². The third-order valence-electron chi connectivity index (χ3n) is 5.06. The molecular formula is C23H31N5S. The molecule has 3 aromatic rings. The van der Waals surface area contributed by atoms with Crippen molar-refractivity contribution >= 4 is 17.0 Å². The summed E-state index contributed by atoms with van der Waals surface area (Å²) >= 11 is 1.71. The van der Waals surface area contributed by atoms with Crippen molar-refractivity contribution < 1.29 is 0 Å². The average Bonchev–Trinajstić information content (AvgIpc) is 3.34. The van der Waals surface area contributed by atoms with E-state index in [9.17, 15) is 0 Å². The third-order valence-corrected chi connectivity index (χ3v) is 6.07. The highest BCUT2D eigenvalue weighted by Gasteiger charge is 2.17. The van der Waals surface area contributed by atoms with Crippen molar-refractivity contribution in [1.29, 1.82) is 0 Å². The van der Waals surface area contributed by atoms with Gasteiger partial charge in [-0.2, -0.15) is 0 Å². The number of allylic oxidation sites excluding steroid dienone is 1. The lowest BCUT2D eigenvalue weighted by Gasteiger charge is -2.20. The van der Waals surface area contributed by atoms with Gasteiger partial charge in [-0.15, -0.1) is 11.3 Å². The molecule has 0 fully saturated rings. The Morgan fingerprint density at radius 3 is 2.52 bits per heavy atom. The average molecular weight is 410 g/mol. The molecule has 0 bridgehead atoms. The lowest BCUT2D eigenvalue weighted by atomic mass is 10.1. The van der Waals surface area contributed by atoms with E-state index in [-0.39, 0.29) is 6.04 Å². The first-order valence-corrected chi connectivity index (χ1v) is 11.1. The predicted octanol–water partition coefficient (Wildman–Crippen LogP) is 4.60. The summed E-state index contributed by atoms with van der Waals surface area (Å²) in [6.07, 6.45) is 6.58. The van der Waals surface area contributed by atoms with Gasteiger partial charge in [-0.05, 0) is 43.4 Å². The molecule has 0 aliphatic carbocycles. The van der Waals surface area contributed by atoms with Crippen molar-refractivity contribution in [3.8, 4) is 0 Å². The molecule has 1 aromatic carbocycles. The molecule has 0 aliphatic rings. The molecule has 3 rings (SSSR count). The molecule has 0 spiro atoms.